The zero-order valence-corrected chi connectivity index (χ0v) is 13.6. The Morgan fingerprint density at radius 1 is 1.29 bits per heavy atom. The van der Waals surface area contributed by atoms with E-state index in [0.717, 1.165) is 18.4 Å². The van der Waals surface area contributed by atoms with Gasteiger partial charge < -0.3 is 5.11 Å². The van der Waals surface area contributed by atoms with Crippen LogP contribution in [0.15, 0.2) is 42.6 Å². The van der Waals surface area contributed by atoms with Gasteiger partial charge in [-0.05, 0) is 36.1 Å². The molecule has 0 aromatic heterocycles. The molecule has 4 rings (SSSR count). The molecule has 3 aliphatic rings. The first kappa shape index (κ1) is 16.3. The summed E-state index contributed by atoms with van der Waals surface area (Å²) in [6.45, 7) is 0. The molecule has 1 aliphatic heterocycles. The van der Waals surface area contributed by atoms with Gasteiger partial charge in [-0.3, -0.25) is 9.78 Å². The molecule has 1 heterocycles. The van der Waals surface area contributed by atoms with E-state index < -0.39 is 11.9 Å². The van der Waals surface area contributed by atoms with Crippen LogP contribution in [0.4, 0.5) is 0 Å². The van der Waals surface area contributed by atoms with Gasteiger partial charge in [-0.25, -0.2) is 0 Å². The highest BCUT2D eigenvalue weighted by Gasteiger charge is 2.27. The van der Waals surface area contributed by atoms with Crippen molar-refractivity contribution >= 4 is 5.97 Å². The molecule has 1 aromatic rings. The first-order chi connectivity index (χ1) is 11.7. The van der Waals surface area contributed by atoms with Gasteiger partial charge in [0, 0.05) is 17.3 Å². The maximum Gasteiger partial charge on any atom is 0.311 e. The number of pyridine rings is 1. The zero-order chi connectivity index (χ0) is 16.9. The number of rotatable bonds is 4. The van der Waals surface area contributed by atoms with E-state index in [0.29, 0.717) is 17.9 Å². The monoisotopic (exact) mass is 319 g/mol. The number of aliphatic carboxylic acids is 1. The second-order valence-corrected chi connectivity index (χ2v) is 6.44. The van der Waals surface area contributed by atoms with Crippen LogP contribution in [-0.4, -0.2) is 16.1 Å². The summed E-state index contributed by atoms with van der Waals surface area (Å²) in [6.07, 6.45) is 12.8. The van der Waals surface area contributed by atoms with Crippen LogP contribution in [-0.2, 0) is 4.79 Å². The van der Waals surface area contributed by atoms with E-state index in [2.05, 4.69) is 17.0 Å². The van der Waals surface area contributed by atoms with E-state index in [-0.39, 0.29) is 0 Å². The molecule has 0 bridgehead atoms. The predicted molar refractivity (Wildman–Crippen MR) is 94.6 cm³/mol. The fraction of sp³-hybridized carbons (Fsp3) is 0.333. The van der Waals surface area contributed by atoms with Crippen molar-refractivity contribution in [3.8, 4) is 23.6 Å². The number of fused-ring (bicyclic) bond motifs is 1. The average Bonchev–Trinajstić information content (AvgIpc) is 3.00. The van der Waals surface area contributed by atoms with Crippen molar-refractivity contribution in [2.45, 2.75) is 38.0 Å². The van der Waals surface area contributed by atoms with E-state index in [1.807, 2.05) is 36.5 Å². The number of carboxylic acids is 1. The van der Waals surface area contributed by atoms with Gasteiger partial charge in [0.1, 0.15) is 0 Å². The Bertz CT molecular complexity index is 752. The fourth-order valence-electron chi connectivity index (χ4n) is 3.43. The normalized spacial score (nSPS) is 15.8. The number of benzene rings is 1. The Balaban J connectivity index is 0.000000231. The van der Waals surface area contributed by atoms with Crippen LogP contribution < -0.4 is 0 Å². The van der Waals surface area contributed by atoms with Crippen molar-refractivity contribution in [2.24, 2.45) is 5.92 Å². The number of carbonyl (C=O) groups is 1. The van der Waals surface area contributed by atoms with Crippen LogP contribution in [0.25, 0.3) is 11.3 Å². The topological polar surface area (TPSA) is 50.2 Å². The largest absolute Gasteiger partial charge is 0.481 e. The molecule has 0 spiro atoms. The van der Waals surface area contributed by atoms with Gasteiger partial charge >= 0.3 is 5.97 Å². The van der Waals surface area contributed by atoms with Gasteiger partial charge in [0.25, 0.3) is 0 Å². The Labute approximate surface area is 142 Å². The molecule has 2 aliphatic carbocycles. The highest BCUT2D eigenvalue weighted by Crippen LogP contribution is 2.35. The Kier molecular flexibility index (Phi) is 4.96. The minimum atomic E-state index is -0.760. The maximum atomic E-state index is 11.5. The number of hydrogen-bond acceptors (Lipinski definition) is 2. The Hall–Kier alpha value is -2.60. The minimum absolute atomic E-state index is 0.458. The number of carboxylic acid groups (broad SMARTS) is 1. The third kappa shape index (κ3) is 3.83. The molecule has 0 amide bonds. The lowest BCUT2D eigenvalue weighted by molar-refractivity contribution is -0.139. The Morgan fingerprint density at radius 3 is 2.54 bits per heavy atom. The summed E-state index contributed by atoms with van der Waals surface area (Å²) >= 11 is 0. The molecular formula is C21H21NO2. The molecule has 1 fully saturated rings. The van der Waals surface area contributed by atoms with Crippen LogP contribution in [0.3, 0.4) is 0 Å². The summed E-state index contributed by atoms with van der Waals surface area (Å²) in [4.78, 5) is 15.4. The molecule has 0 saturated heterocycles. The van der Waals surface area contributed by atoms with Crippen LogP contribution in [0, 0.1) is 18.3 Å². The molecule has 0 radical (unpaired) electrons. The number of terminal acetylenes is 1. The molecule has 24 heavy (non-hydrogen) atoms. The van der Waals surface area contributed by atoms with Crippen molar-refractivity contribution in [1.82, 2.24) is 4.98 Å². The summed E-state index contributed by atoms with van der Waals surface area (Å²) in [6, 6.07) is 11.5. The first-order valence-corrected chi connectivity index (χ1v) is 8.44. The zero-order valence-electron chi connectivity index (χ0n) is 13.6. The lowest BCUT2D eigenvalue weighted by Gasteiger charge is -2.18. The second kappa shape index (κ2) is 7.31. The van der Waals surface area contributed by atoms with Crippen molar-refractivity contribution in [1.29, 1.82) is 0 Å². The highest BCUT2D eigenvalue weighted by atomic mass is 16.4. The third-order valence-corrected chi connectivity index (χ3v) is 4.81. The van der Waals surface area contributed by atoms with Gasteiger partial charge in [0.15, 0.2) is 0 Å². The Morgan fingerprint density at radius 2 is 2.04 bits per heavy atom. The summed E-state index contributed by atoms with van der Waals surface area (Å²) in [5, 5.41) is 9.44. The second-order valence-electron chi connectivity index (χ2n) is 6.44. The molecule has 3 heteroatoms. The van der Waals surface area contributed by atoms with Crippen LogP contribution in [0.1, 0.15) is 49.1 Å². The van der Waals surface area contributed by atoms with Gasteiger partial charge in [-0.15, -0.1) is 6.42 Å². The molecular weight excluding hydrogens is 298 g/mol. The quantitative estimate of drug-likeness (QED) is 0.721. The molecule has 1 N–H and O–H groups in total. The van der Waals surface area contributed by atoms with E-state index in [4.69, 9.17) is 6.42 Å². The van der Waals surface area contributed by atoms with Gasteiger partial charge in [0.2, 0.25) is 0 Å². The van der Waals surface area contributed by atoms with E-state index in [1.165, 1.54) is 24.1 Å². The lowest BCUT2D eigenvalue weighted by atomic mass is 9.86. The smallest absolute Gasteiger partial charge is 0.311 e. The van der Waals surface area contributed by atoms with Gasteiger partial charge in [-0.1, -0.05) is 49.8 Å². The number of hydrogen-bond donors (Lipinski definition) is 1. The van der Waals surface area contributed by atoms with E-state index in [9.17, 15) is 9.90 Å². The van der Waals surface area contributed by atoms with Crippen molar-refractivity contribution in [3.63, 3.8) is 0 Å². The average molecular weight is 319 g/mol. The molecule has 1 unspecified atom stereocenters. The lowest BCUT2D eigenvalue weighted by Crippen LogP contribution is -2.16. The minimum Gasteiger partial charge on any atom is -0.481 e. The summed E-state index contributed by atoms with van der Waals surface area (Å²) < 4.78 is 0. The molecule has 1 aromatic carbocycles. The third-order valence-electron chi connectivity index (χ3n) is 4.81. The summed E-state index contributed by atoms with van der Waals surface area (Å²) in [5.74, 6) is 1.91. The van der Waals surface area contributed by atoms with Crippen molar-refractivity contribution in [2.75, 3.05) is 0 Å². The molecule has 3 nitrogen and oxygen atoms in total. The van der Waals surface area contributed by atoms with Crippen LogP contribution in [0.5, 0.6) is 0 Å². The predicted octanol–water partition coefficient (Wildman–Crippen LogP) is 4.48. The van der Waals surface area contributed by atoms with E-state index in [1.54, 1.807) is 0 Å². The number of aromatic nitrogens is 1. The molecule has 1 saturated carbocycles. The van der Waals surface area contributed by atoms with Crippen molar-refractivity contribution < 1.29 is 9.90 Å². The summed E-state index contributed by atoms with van der Waals surface area (Å²) in [7, 11) is 0. The van der Waals surface area contributed by atoms with Gasteiger partial charge in [-0.2, -0.15) is 0 Å². The fourth-order valence-corrected chi connectivity index (χ4v) is 3.43. The maximum absolute atomic E-state index is 11.5. The van der Waals surface area contributed by atoms with Crippen LogP contribution >= 0.6 is 0 Å². The van der Waals surface area contributed by atoms with Crippen molar-refractivity contribution in [3.05, 3.63) is 53.7 Å². The molecule has 1 atom stereocenters. The highest BCUT2D eigenvalue weighted by molar-refractivity contribution is 5.77. The number of nitrogens with zero attached hydrogens (tertiary/aromatic N) is 1. The SMILES string of the molecule is C#Cc1ccccc1C(CC1CCCC1)C(=O)O.c1cc2cc-2n1. The summed E-state index contributed by atoms with van der Waals surface area (Å²) in [5.41, 5.74) is 3.99. The van der Waals surface area contributed by atoms with Gasteiger partial charge in [0.05, 0.1) is 11.6 Å². The standard InChI is InChI=1S/C16H18O2.C5H3N/c1-2-13-9-5-6-10-14(13)15(16(17)18)11-12-7-3-4-8-12;1-2-6-5-3-4(1)5/h1,5-6,9-10,12,15H,3-4,7-8,11H2,(H,17,18);1-3H. The van der Waals surface area contributed by atoms with Crippen LogP contribution in [0.2, 0.25) is 0 Å². The molecule has 122 valence electrons. The van der Waals surface area contributed by atoms with E-state index >= 15 is 0 Å². The first-order valence-electron chi connectivity index (χ1n) is 8.44.